The number of ether oxygens (including phenoxy) is 7. The lowest BCUT2D eigenvalue weighted by molar-refractivity contribution is -0.385. The van der Waals surface area contributed by atoms with Gasteiger partial charge in [-0.15, -0.1) is 0 Å². The van der Waals surface area contributed by atoms with Crippen molar-refractivity contribution in [3.8, 4) is 0 Å². The molecule has 4 aliphatic heterocycles. The fourth-order valence-corrected chi connectivity index (χ4v) is 8.48. The maximum Gasteiger partial charge on any atom is 0.364 e. The Bertz CT molecular complexity index is 1870. The van der Waals surface area contributed by atoms with Gasteiger partial charge in [0, 0.05) is 34.1 Å². The van der Waals surface area contributed by atoms with Crippen LogP contribution < -0.4 is 32.3 Å². The number of aliphatic hydroxyl groups is 11. The smallest absolute Gasteiger partial charge is 0.364 e. The second-order valence-electron chi connectivity index (χ2n) is 17.2. The molecule has 71 heavy (non-hydrogen) atoms. The second kappa shape index (κ2) is 25.5. The molecule has 32 nitrogen and oxygen atoms in total. The van der Waals surface area contributed by atoms with Gasteiger partial charge in [0.25, 0.3) is 5.79 Å². The van der Waals surface area contributed by atoms with E-state index in [0.29, 0.717) is 0 Å². The summed E-state index contributed by atoms with van der Waals surface area (Å²) in [5.41, 5.74) is 5.28. The minimum absolute atomic E-state index is 0.704. The fourth-order valence-electron chi connectivity index (χ4n) is 8.48. The molecule has 4 heterocycles. The highest BCUT2D eigenvalue weighted by Gasteiger charge is 2.61. The normalized spacial score (nSPS) is 38.6. The lowest BCUT2D eigenvalue weighted by atomic mass is 9.88. The van der Waals surface area contributed by atoms with E-state index in [2.05, 4.69) is 26.6 Å². The lowest BCUT2D eigenvalue weighted by Gasteiger charge is -2.51. The molecule has 6 amide bonds. The Morgan fingerprint density at radius 2 is 1.15 bits per heavy atom. The Morgan fingerprint density at radius 1 is 0.648 bits per heavy atom. The van der Waals surface area contributed by atoms with Gasteiger partial charge in [-0.2, -0.15) is 0 Å². The zero-order chi connectivity index (χ0) is 53.4. The van der Waals surface area contributed by atoms with Crippen molar-refractivity contribution in [1.82, 2.24) is 26.6 Å². The molecule has 0 aromatic rings. The van der Waals surface area contributed by atoms with E-state index < -0.39 is 215 Å². The van der Waals surface area contributed by atoms with Crippen molar-refractivity contribution in [2.24, 2.45) is 5.73 Å². The summed E-state index contributed by atoms with van der Waals surface area (Å²) in [4.78, 5) is 86.3. The maximum absolute atomic E-state index is 13.0. The van der Waals surface area contributed by atoms with Crippen LogP contribution in [0.15, 0.2) is 0 Å². The second-order valence-corrected chi connectivity index (χ2v) is 17.2. The van der Waals surface area contributed by atoms with E-state index >= 15 is 0 Å². The number of carboxylic acids is 1. The maximum atomic E-state index is 13.0. The van der Waals surface area contributed by atoms with E-state index in [1.165, 1.54) is 0 Å². The number of amides is 6. The number of carbonyl (C=O) groups excluding carboxylic acids is 6. The molecule has 0 spiro atoms. The molecule has 32 heteroatoms. The summed E-state index contributed by atoms with van der Waals surface area (Å²) in [7, 11) is 0. The van der Waals surface area contributed by atoms with Gasteiger partial charge in [-0.3, -0.25) is 28.8 Å². The predicted octanol–water partition coefficient (Wildman–Crippen LogP) is -11.6. The summed E-state index contributed by atoms with van der Waals surface area (Å²) in [5.74, 6) is -10.5. The number of carbonyl (C=O) groups is 7. The number of aliphatic hydroxyl groups excluding tert-OH is 11. The molecule has 0 saturated carbocycles. The number of aliphatic carboxylic acids is 1. The van der Waals surface area contributed by atoms with E-state index in [1.807, 2.05) is 0 Å². The number of hydrogen-bond donors (Lipinski definition) is 18. The Balaban J connectivity index is 1.62. The summed E-state index contributed by atoms with van der Waals surface area (Å²) >= 11 is 0. The predicted molar refractivity (Wildman–Crippen MR) is 223 cm³/mol. The Kier molecular flexibility index (Phi) is 21.2. The first-order valence-electron chi connectivity index (χ1n) is 22.0. The Labute approximate surface area is 402 Å². The molecule has 0 radical (unpaired) electrons. The van der Waals surface area contributed by atoms with Gasteiger partial charge in [-0.25, -0.2) is 4.79 Å². The van der Waals surface area contributed by atoms with E-state index in [4.69, 9.17) is 38.9 Å². The van der Waals surface area contributed by atoms with Gasteiger partial charge in [-0.05, 0) is 0 Å². The molecule has 22 unspecified atom stereocenters. The van der Waals surface area contributed by atoms with Crippen molar-refractivity contribution in [1.29, 1.82) is 0 Å². The average molecular weight is 1030 g/mol. The van der Waals surface area contributed by atoms with Gasteiger partial charge in [0.1, 0.15) is 97.5 Å². The quantitative estimate of drug-likeness (QED) is 0.0507. The van der Waals surface area contributed by atoms with E-state index in [0.717, 1.165) is 27.7 Å². The van der Waals surface area contributed by atoms with Crippen LogP contribution in [0.3, 0.4) is 0 Å². The van der Waals surface area contributed by atoms with Crippen LogP contribution in [-0.2, 0) is 66.7 Å². The molecular weight excluding hydrogens is 968 g/mol. The molecule has 406 valence electrons. The summed E-state index contributed by atoms with van der Waals surface area (Å²) in [6.45, 7) is -0.223. The third-order valence-electron chi connectivity index (χ3n) is 11.8. The summed E-state index contributed by atoms with van der Waals surface area (Å²) in [5, 5.41) is 141. The number of hydrogen-bond acceptors (Lipinski definition) is 25. The van der Waals surface area contributed by atoms with E-state index in [-0.39, 0.29) is 0 Å². The molecule has 0 aromatic carbocycles. The molecule has 0 aliphatic carbocycles. The van der Waals surface area contributed by atoms with Gasteiger partial charge in [0.15, 0.2) is 18.8 Å². The largest absolute Gasteiger partial charge is 0.477 e. The number of primary amides is 1. The van der Waals surface area contributed by atoms with E-state index in [9.17, 15) is 94.8 Å². The monoisotopic (exact) mass is 1030 g/mol. The molecule has 4 aliphatic rings. The zero-order valence-electron chi connectivity index (χ0n) is 38.5. The first-order valence-corrected chi connectivity index (χ1v) is 22.0. The Hall–Kier alpha value is -4.43. The molecular formula is C39H64N6O26. The van der Waals surface area contributed by atoms with Crippen molar-refractivity contribution in [3.63, 3.8) is 0 Å². The summed E-state index contributed by atoms with van der Waals surface area (Å²) in [6, 6.07) is -6.55. The first-order chi connectivity index (χ1) is 33.2. The van der Waals surface area contributed by atoms with Crippen molar-refractivity contribution in [2.75, 3.05) is 26.4 Å². The highest BCUT2D eigenvalue weighted by atomic mass is 16.8. The topological polar surface area (TPSA) is 513 Å². The third-order valence-corrected chi connectivity index (χ3v) is 11.8. The van der Waals surface area contributed by atoms with Crippen molar-refractivity contribution in [3.05, 3.63) is 0 Å². The van der Waals surface area contributed by atoms with Crippen molar-refractivity contribution < 1.29 is 128 Å². The Morgan fingerprint density at radius 3 is 1.66 bits per heavy atom. The van der Waals surface area contributed by atoms with Crippen molar-refractivity contribution in [2.45, 2.75) is 175 Å². The van der Waals surface area contributed by atoms with Crippen LogP contribution in [0, 0.1) is 0 Å². The van der Waals surface area contributed by atoms with E-state index in [1.54, 1.807) is 0 Å². The lowest BCUT2D eigenvalue weighted by Crippen LogP contribution is -2.72. The van der Waals surface area contributed by atoms with Gasteiger partial charge >= 0.3 is 5.97 Å². The molecule has 4 saturated heterocycles. The van der Waals surface area contributed by atoms with Crippen LogP contribution in [0.5, 0.6) is 0 Å². The highest BCUT2D eigenvalue weighted by molar-refractivity contribution is 5.90. The minimum Gasteiger partial charge on any atom is -0.477 e. The van der Waals surface area contributed by atoms with Crippen LogP contribution >= 0.6 is 0 Å². The van der Waals surface area contributed by atoms with Crippen LogP contribution in [0.4, 0.5) is 0 Å². The van der Waals surface area contributed by atoms with Crippen LogP contribution in [0.2, 0.25) is 0 Å². The number of rotatable bonds is 21. The number of carboxylic acid groups (broad SMARTS) is 1. The molecule has 22 atom stereocenters. The number of nitrogens with one attached hydrogen (secondary N) is 5. The molecule has 19 N–H and O–H groups in total. The molecule has 0 aromatic heterocycles. The number of nitrogens with two attached hydrogens (primary N) is 1. The molecule has 4 rings (SSSR count). The first kappa shape index (κ1) is 59.1. The van der Waals surface area contributed by atoms with Crippen molar-refractivity contribution >= 4 is 41.4 Å². The standard InChI is InChI=1S/C39H64N6O26/c1-11(50)41-15(34(40)62)5-21(56)45-35-23(43-13(3)52)27(59)30(19(9-48)65-35)68-36-24(44-14(4)53)28(60)31(20(10-49)67-36)69-37-29(61)33(26(58)18(8-47)66-37)71-39(38(63)64)6-16(54)22(42-12(2)51)32(70-39)25(57)17(55)7-46/h15-20,22-33,35-37,46-49,54-55,57-61H,5-10H2,1-4H3,(H2,40,62)(H,41,50)(H,42,51)(H,43,52)(H,44,53)(H,45,56)(H,63,64). The van der Waals surface area contributed by atoms with Crippen LogP contribution in [0.25, 0.3) is 0 Å². The van der Waals surface area contributed by atoms with Crippen LogP contribution in [0.1, 0.15) is 40.5 Å². The summed E-state index contributed by atoms with van der Waals surface area (Å²) < 4.78 is 40.4. The van der Waals surface area contributed by atoms with Gasteiger partial charge in [-0.1, -0.05) is 0 Å². The van der Waals surface area contributed by atoms with Crippen LogP contribution in [-0.4, -0.2) is 263 Å². The molecule has 4 fully saturated rings. The van der Waals surface area contributed by atoms with Gasteiger partial charge < -0.3 is 127 Å². The minimum atomic E-state index is -3.17. The van der Waals surface area contributed by atoms with Gasteiger partial charge in [0.2, 0.25) is 35.4 Å². The SMILES string of the molecule is CC(=O)NC(CC(=O)NC1OC(CO)C(OC2OC(CO)C(OC3OC(CO)C(O)C(OC4(C(=O)O)CC(O)C(NC(C)=O)C(C(O)C(O)CO)O4)C3O)C(O)C2NC(C)=O)C(O)C1NC(C)=O)C(N)=O. The zero-order valence-corrected chi connectivity index (χ0v) is 38.5. The van der Waals surface area contributed by atoms with Gasteiger partial charge in [0.05, 0.1) is 45.0 Å². The fraction of sp³-hybridized carbons (Fsp3) is 0.821. The molecule has 0 bridgehead atoms. The average Bonchev–Trinajstić information content (AvgIpc) is 3.29. The third kappa shape index (κ3) is 14.2. The highest BCUT2D eigenvalue weighted by Crippen LogP contribution is 2.39. The summed E-state index contributed by atoms with van der Waals surface area (Å²) in [6.07, 6.45) is -35.8.